The first-order chi connectivity index (χ1) is 21.4. The van der Waals surface area contributed by atoms with Crippen molar-refractivity contribution in [2.24, 2.45) is 5.73 Å². The maximum Gasteiger partial charge on any atom is 0.420 e. The van der Waals surface area contributed by atoms with Crippen LogP contribution >= 0.6 is 11.3 Å². The number of nitrogens with one attached hydrogen (secondary N) is 1. The number of alkyl halides is 3. The van der Waals surface area contributed by atoms with Gasteiger partial charge in [0, 0.05) is 31.5 Å². The lowest BCUT2D eigenvalue weighted by molar-refractivity contribution is -0.137. The van der Waals surface area contributed by atoms with Gasteiger partial charge in [0.25, 0.3) is 5.91 Å². The minimum atomic E-state index is -4.84. The quantitative estimate of drug-likeness (QED) is 0.389. The summed E-state index contributed by atoms with van der Waals surface area (Å²) in [5, 5.41) is 3.13. The number of carbonyl (C=O) groups is 2. The van der Waals surface area contributed by atoms with Crippen LogP contribution < -0.4 is 11.1 Å². The fraction of sp³-hybridized carbons (Fsp3) is 0.448. The van der Waals surface area contributed by atoms with E-state index in [0.717, 1.165) is 35.6 Å². The second-order valence-electron chi connectivity index (χ2n) is 11.8. The van der Waals surface area contributed by atoms with E-state index in [9.17, 15) is 31.2 Å². The lowest BCUT2D eigenvalue weighted by Crippen LogP contribution is -2.52. The highest BCUT2D eigenvalue weighted by atomic mass is 32.2. The molecule has 0 atom stereocenters. The minimum Gasteiger partial charge on any atom is -0.377 e. The number of anilines is 2. The first-order valence-corrected chi connectivity index (χ1v) is 17.0. The zero-order valence-electron chi connectivity index (χ0n) is 23.9. The predicted molar refractivity (Wildman–Crippen MR) is 158 cm³/mol. The molecule has 0 bridgehead atoms. The maximum absolute atomic E-state index is 14.2. The molecule has 1 aliphatic carbocycles. The van der Waals surface area contributed by atoms with Gasteiger partial charge in [-0.05, 0) is 54.0 Å². The number of hydrogen-bond acceptors (Lipinski definition) is 10. The number of nitrogens with zero attached hydrogens (tertiary/aromatic N) is 4. The largest absolute Gasteiger partial charge is 0.420 e. The van der Waals surface area contributed by atoms with Crippen LogP contribution in [0.2, 0.25) is 0 Å². The SMILES string of the molecule is NC(=O)CN1CCc2cc(Nc3ncc(C(F)(F)F)c(-c4cc5c(s4)C(=O)N(C4COC4)CCS5(=O)=O)n3)c(C3CC3)cc2C1. The highest BCUT2D eigenvalue weighted by Gasteiger charge is 2.41. The summed E-state index contributed by atoms with van der Waals surface area (Å²) in [7, 11) is -3.95. The van der Waals surface area contributed by atoms with Crippen LogP contribution in [0.4, 0.5) is 24.8 Å². The Morgan fingerprint density at radius 3 is 2.60 bits per heavy atom. The molecule has 238 valence electrons. The van der Waals surface area contributed by atoms with Gasteiger partial charge >= 0.3 is 6.18 Å². The fourth-order valence-electron chi connectivity index (χ4n) is 6.02. The van der Waals surface area contributed by atoms with E-state index in [2.05, 4.69) is 21.4 Å². The molecular formula is C29H29F3N6O5S2. The Morgan fingerprint density at radius 1 is 1.16 bits per heavy atom. The summed E-state index contributed by atoms with van der Waals surface area (Å²) in [6.07, 6.45) is -1.57. The predicted octanol–water partition coefficient (Wildman–Crippen LogP) is 3.32. The van der Waals surface area contributed by atoms with Crippen LogP contribution in [0.3, 0.4) is 0 Å². The van der Waals surface area contributed by atoms with Gasteiger partial charge in [0.2, 0.25) is 11.9 Å². The van der Waals surface area contributed by atoms with E-state index in [1.807, 2.05) is 11.0 Å². The minimum absolute atomic E-state index is 0.0193. The van der Waals surface area contributed by atoms with Crippen LogP contribution in [-0.4, -0.2) is 84.6 Å². The van der Waals surface area contributed by atoms with Gasteiger partial charge in [-0.15, -0.1) is 11.3 Å². The molecule has 2 amide bonds. The molecule has 1 saturated carbocycles. The molecule has 1 aromatic carbocycles. The van der Waals surface area contributed by atoms with Gasteiger partial charge in [0.05, 0.1) is 47.0 Å². The Labute approximate surface area is 260 Å². The zero-order chi connectivity index (χ0) is 31.7. The summed E-state index contributed by atoms with van der Waals surface area (Å²) in [4.78, 5) is 36.0. The molecule has 45 heavy (non-hydrogen) atoms. The van der Waals surface area contributed by atoms with E-state index in [-0.39, 0.29) is 64.6 Å². The van der Waals surface area contributed by atoms with E-state index in [1.165, 1.54) is 4.90 Å². The molecule has 0 unspecified atom stereocenters. The first-order valence-electron chi connectivity index (χ1n) is 14.5. The number of aromatic nitrogens is 2. The van der Waals surface area contributed by atoms with Crippen LogP contribution in [0.25, 0.3) is 10.6 Å². The van der Waals surface area contributed by atoms with Gasteiger partial charge in [-0.2, -0.15) is 13.2 Å². The zero-order valence-corrected chi connectivity index (χ0v) is 25.5. The highest BCUT2D eigenvalue weighted by Crippen LogP contribution is 2.46. The Kier molecular flexibility index (Phi) is 7.37. The topological polar surface area (TPSA) is 148 Å². The number of primary amides is 1. The third kappa shape index (κ3) is 5.79. The molecule has 3 aliphatic heterocycles. The second kappa shape index (κ2) is 11.0. The molecule has 7 rings (SSSR count). The van der Waals surface area contributed by atoms with Crippen molar-refractivity contribution < 1.29 is 35.9 Å². The van der Waals surface area contributed by atoms with E-state index in [1.54, 1.807) is 0 Å². The molecule has 2 aromatic heterocycles. The molecule has 11 nitrogen and oxygen atoms in total. The van der Waals surface area contributed by atoms with Gasteiger partial charge in [0.1, 0.15) is 10.4 Å². The van der Waals surface area contributed by atoms with Crippen molar-refractivity contribution >= 4 is 44.6 Å². The Morgan fingerprint density at radius 2 is 1.93 bits per heavy atom. The third-order valence-electron chi connectivity index (χ3n) is 8.58. The van der Waals surface area contributed by atoms with Crippen molar-refractivity contribution in [3.05, 3.63) is 51.5 Å². The summed E-state index contributed by atoms with van der Waals surface area (Å²) in [5.41, 5.74) is 7.52. The normalized spacial score (nSPS) is 20.2. The number of benzene rings is 1. The fourth-order valence-corrected chi connectivity index (χ4v) is 8.94. The van der Waals surface area contributed by atoms with Crippen LogP contribution in [0.1, 0.15) is 50.7 Å². The molecule has 1 saturated heterocycles. The number of rotatable bonds is 7. The molecule has 3 aromatic rings. The van der Waals surface area contributed by atoms with Crippen molar-refractivity contribution in [2.45, 2.75) is 48.8 Å². The van der Waals surface area contributed by atoms with Gasteiger partial charge in [-0.3, -0.25) is 14.5 Å². The summed E-state index contributed by atoms with van der Waals surface area (Å²) in [6.45, 7) is 1.89. The number of sulfone groups is 1. The van der Waals surface area contributed by atoms with Crippen LogP contribution in [-0.2, 0) is 38.5 Å². The van der Waals surface area contributed by atoms with Gasteiger partial charge in [-0.1, -0.05) is 6.07 Å². The number of fused-ring (bicyclic) bond motifs is 2. The van der Waals surface area contributed by atoms with Crippen LogP contribution in [0.5, 0.6) is 0 Å². The Hall–Kier alpha value is -3.60. The summed E-state index contributed by atoms with van der Waals surface area (Å²) in [5.74, 6) is -1.11. The lowest BCUT2D eigenvalue weighted by Gasteiger charge is -2.36. The van der Waals surface area contributed by atoms with E-state index >= 15 is 0 Å². The standard InChI is InChI=1S/C29H29F3N6O5S2/c30-29(31,32)20-10-34-28(35-21-8-16-3-4-37(12-24(33)39)11-17(16)7-19(21)15-1-2-15)36-25(20)22-9-23-26(44-22)27(40)38(18-13-43-14-18)5-6-45(23,41)42/h7-10,15,18H,1-6,11-14H2,(H2,33,39)(H,34,35,36). The molecule has 0 spiro atoms. The van der Waals surface area contributed by atoms with Gasteiger partial charge < -0.3 is 20.7 Å². The average Bonchev–Trinajstić information content (AvgIpc) is 3.70. The second-order valence-corrected chi connectivity index (χ2v) is 14.9. The smallest absolute Gasteiger partial charge is 0.377 e. The van der Waals surface area contributed by atoms with Crippen molar-refractivity contribution in [3.63, 3.8) is 0 Å². The molecule has 5 heterocycles. The number of hydrogen-bond donors (Lipinski definition) is 2. The van der Waals surface area contributed by atoms with Crippen molar-refractivity contribution in [1.82, 2.24) is 19.8 Å². The summed E-state index contributed by atoms with van der Waals surface area (Å²) < 4.78 is 74.2. The monoisotopic (exact) mass is 662 g/mol. The number of ether oxygens (including phenoxy) is 1. The number of nitrogens with two attached hydrogens (primary N) is 1. The number of thiophene rings is 1. The third-order valence-corrected chi connectivity index (χ3v) is 11.6. The molecule has 2 fully saturated rings. The maximum atomic E-state index is 14.2. The van der Waals surface area contributed by atoms with Gasteiger partial charge in [-0.25, -0.2) is 18.4 Å². The molecule has 4 aliphatic rings. The van der Waals surface area contributed by atoms with E-state index in [4.69, 9.17) is 10.5 Å². The Bertz CT molecular complexity index is 1820. The van der Waals surface area contributed by atoms with Crippen LogP contribution in [0, 0.1) is 0 Å². The van der Waals surface area contributed by atoms with Crippen molar-refractivity contribution in [1.29, 1.82) is 0 Å². The average molecular weight is 663 g/mol. The molecule has 0 radical (unpaired) electrons. The first kappa shape index (κ1) is 30.1. The lowest BCUT2D eigenvalue weighted by atomic mass is 9.94. The van der Waals surface area contributed by atoms with Crippen molar-refractivity contribution in [3.8, 4) is 10.6 Å². The number of halogens is 3. The van der Waals surface area contributed by atoms with Crippen LogP contribution in [0.15, 0.2) is 29.3 Å². The van der Waals surface area contributed by atoms with Crippen molar-refractivity contribution in [2.75, 3.05) is 43.9 Å². The Balaban J connectivity index is 1.26. The van der Waals surface area contributed by atoms with Gasteiger partial charge in [0.15, 0.2) is 9.84 Å². The van der Waals surface area contributed by atoms with E-state index < -0.39 is 39.1 Å². The highest BCUT2D eigenvalue weighted by molar-refractivity contribution is 7.91. The number of carbonyl (C=O) groups excluding carboxylic acids is 2. The summed E-state index contributed by atoms with van der Waals surface area (Å²) >= 11 is 0.687. The molecule has 3 N–H and O–H groups in total. The van der Waals surface area contributed by atoms with E-state index in [0.29, 0.717) is 42.7 Å². The summed E-state index contributed by atoms with van der Waals surface area (Å²) in [6, 6.07) is 4.87. The molecule has 16 heteroatoms. The number of amides is 2. The molecular weight excluding hydrogens is 633 g/mol.